The van der Waals surface area contributed by atoms with Crippen LogP contribution in [0.5, 0.6) is 0 Å². The zero-order valence-corrected chi connectivity index (χ0v) is 8.87. The van der Waals surface area contributed by atoms with Crippen LogP contribution >= 0.6 is 0 Å². The molecule has 0 saturated heterocycles. The smallest absolute Gasteiger partial charge is 0.00745 e. The van der Waals surface area contributed by atoms with Gasteiger partial charge in [-0.05, 0) is 48.8 Å². The van der Waals surface area contributed by atoms with Gasteiger partial charge in [-0.1, -0.05) is 31.2 Å². The summed E-state index contributed by atoms with van der Waals surface area (Å²) < 4.78 is 0. The van der Waals surface area contributed by atoms with Gasteiger partial charge in [0.25, 0.3) is 0 Å². The van der Waals surface area contributed by atoms with Crippen LogP contribution in [0.4, 0.5) is 0 Å². The van der Waals surface area contributed by atoms with Crippen LogP contribution in [0.2, 0.25) is 0 Å². The fourth-order valence-corrected chi connectivity index (χ4v) is 2.65. The van der Waals surface area contributed by atoms with E-state index in [-0.39, 0.29) is 0 Å². The Morgan fingerprint density at radius 2 is 2.21 bits per heavy atom. The molecule has 1 aromatic carbocycles. The quantitative estimate of drug-likeness (QED) is 0.777. The second-order valence-corrected chi connectivity index (χ2v) is 4.40. The molecule has 0 fully saturated rings. The summed E-state index contributed by atoms with van der Waals surface area (Å²) in [5.41, 5.74) is 8.75. The summed E-state index contributed by atoms with van der Waals surface area (Å²) >= 11 is 0. The summed E-state index contributed by atoms with van der Waals surface area (Å²) in [6, 6.07) is 8.87. The van der Waals surface area contributed by atoms with Gasteiger partial charge in [0.1, 0.15) is 0 Å². The van der Waals surface area contributed by atoms with Crippen molar-refractivity contribution >= 4 is 0 Å². The van der Waals surface area contributed by atoms with Gasteiger partial charge in [-0.2, -0.15) is 0 Å². The summed E-state index contributed by atoms with van der Waals surface area (Å²) in [7, 11) is 0. The Kier molecular flexibility index (Phi) is 2.87. The minimum absolute atomic E-state index is 0.739. The molecule has 2 rings (SSSR count). The van der Waals surface area contributed by atoms with E-state index < -0.39 is 0 Å². The molecule has 0 bridgehead atoms. The van der Waals surface area contributed by atoms with Gasteiger partial charge in [0.15, 0.2) is 0 Å². The first-order valence-electron chi connectivity index (χ1n) is 5.61. The van der Waals surface area contributed by atoms with Crippen molar-refractivity contribution in [3.63, 3.8) is 0 Å². The summed E-state index contributed by atoms with van der Waals surface area (Å²) in [5, 5.41) is 0. The third-order valence-corrected chi connectivity index (χ3v) is 3.49. The summed E-state index contributed by atoms with van der Waals surface area (Å²) in [5.74, 6) is 1.50. The maximum absolute atomic E-state index is 5.62. The van der Waals surface area contributed by atoms with E-state index in [1.54, 1.807) is 11.1 Å². The molecule has 0 amide bonds. The van der Waals surface area contributed by atoms with Crippen molar-refractivity contribution in [2.45, 2.75) is 32.1 Å². The van der Waals surface area contributed by atoms with Crippen molar-refractivity contribution < 1.29 is 0 Å². The van der Waals surface area contributed by atoms with E-state index in [4.69, 9.17) is 5.73 Å². The minimum Gasteiger partial charge on any atom is -0.330 e. The predicted molar refractivity (Wildman–Crippen MR) is 60.3 cm³/mol. The van der Waals surface area contributed by atoms with Gasteiger partial charge in [-0.15, -0.1) is 0 Å². The molecule has 1 aromatic rings. The summed E-state index contributed by atoms with van der Waals surface area (Å²) in [4.78, 5) is 0. The monoisotopic (exact) mass is 189 g/mol. The highest BCUT2D eigenvalue weighted by atomic mass is 14.5. The normalized spacial score (nSPS) is 22.0. The second kappa shape index (κ2) is 4.14. The Balaban J connectivity index is 2.17. The largest absolute Gasteiger partial charge is 0.330 e. The van der Waals surface area contributed by atoms with Gasteiger partial charge in [0.05, 0.1) is 0 Å². The molecule has 1 aliphatic rings. The Hall–Kier alpha value is -0.820. The highest BCUT2D eigenvalue weighted by molar-refractivity contribution is 5.35. The number of fused-ring (bicyclic) bond motifs is 1. The average molecular weight is 189 g/mol. The second-order valence-electron chi connectivity index (χ2n) is 4.40. The molecule has 0 aliphatic heterocycles. The molecule has 2 N–H and O–H groups in total. The number of hydrogen-bond donors (Lipinski definition) is 1. The molecule has 14 heavy (non-hydrogen) atoms. The summed E-state index contributed by atoms with van der Waals surface area (Å²) in [6.07, 6.45) is 3.73. The molecule has 1 nitrogen and oxygen atoms in total. The van der Waals surface area contributed by atoms with Gasteiger partial charge in [-0.25, -0.2) is 0 Å². The number of rotatable bonds is 3. The third-order valence-electron chi connectivity index (χ3n) is 3.49. The zero-order valence-electron chi connectivity index (χ0n) is 8.87. The fraction of sp³-hybridized carbons (Fsp3) is 0.538. The van der Waals surface area contributed by atoms with Gasteiger partial charge in [0.2, 0.25) is 0 Å². The number of aryl methyl sites for hydroxylation is 1. The molecule has 0 spiro atoms. The first-order chi connectivity index (χ1) is 6.83. The van der Waals surface area contributed by atoms with Crippen LogP contribution in [-0.4, -0.2) is 6.54 Å². The van der Waals surface area contributed by atoms with Crippen LogP contribution < -0.4 is 5.73 Å². The number of benzene rings is 1. The minimum atomic E-state index is 0.739. The van der Waals surface area contributed by atoms with Gasteiger partial charge >= 0.3 is 0 Å². The number of hydrogen-bond acceptors (Lipinski definition) is 1. The molecule has 0 saturated carbocycles. The lowest BCUT2D eigenvalue weighted by atomic mass is 9.86. The molecule has 0 radical (unpaired) electrons. The zero-order chi connectivity index (χ0) is 9.97. The Bertz CT molecular complexity index is 306. The van der Waals surface area contributed by atoms with Crippen LogP contribution in [0, 0.1) is 5.92 Å². The predicted octanol–water partition coefficient (Wildman–Crippen LogP) is 2.70. The topological polar surface area (TPSA) is 26.0 Å². The maximum atomic E-state index is 5.62. The van der Waals surface area contributed by atoms with E-state index in [1.165, 1.54) is 12.8 Å². The van der Waals surface area contributed by atoms with E-state index >= 15 is 0 Å². The molecule has 2 atom stereocenters. The molecule has 0 aromatic heterocycles. The highest BCUT2D eigenvalue weighted by Gasteiger charge is 2.25. The Morgan fingerprint density at radius 1 is 1.43 bits per heavy atom. The van der Waals surface area contributed by atoms with Crippen LogP contribution in [0.3, 0.4) is 0 Å². The first-order valence-corrected chi connectivity index (χ1v) is 5.61. The van der Waals surface area contributed by atoms with Gasteiger partial charge in [0, 0.05) is 0 Å². The fourth-order valence-electron chi connectivity index (χ4n) is 2.65. The molecule has 0 heterocycles. The van der Waals surface area contributed by atoms with Crippen LogP contribution in [0.25, 0.3) is 0 Å². The lowest BCUT2D eigenvalue weighted by molar-refractivity contribution is 0.432. The van der Waals surface area contributed by atoms with Crippen LogP contribution in [0.15, 0.2) is 24.3 Å². The average Bonchev–Trinajstić information content (AvgIpc) is 2.61. The van der Waals surface area contributed by atoms with E-state index in [0.29, 0.717) is 0 Å². The molecule has 76 valence electrons. The van der Waals surface area contributed by atoms with Crippen LogP contribution in [0.1, 0.15) is 36.8 Å². The SMILES string of the molecule is CC(CCN)C1CCc2ccccc21. The van der Waals surface area contributed by atoms with Crippen molar-refractivity contribution in [3.8, 4) is 0 Å². The van der Waals surface area contributed by atoms with E-state index in [2.05, 4.69) is 31.2 Å². The maximum Gasteiger partial charge on any atom is -0.00745 e. The van der Waals surface area contributed by atoms with Crippen molar-refractivity contribution in [3.05, 3.63) is 35.4 Å². The third kappa shape index (κ3) is 1.69. The Labute approximate surface area is 86.3 Å². The van der Waals surface area contributed by atoms with Crippen molar-refractivity contribution in [2.75, 3.05) is 6.54 Å². The van der Waals surface area contributed by atoms with E-state index in [9.17, 15) is 0 Å². The van der Waals surface area contributed by atoms with Crippen LogP contribution in [-0.2, 0) is 6.42 Å². The first kappa shape index (κ1) is 9.72. The van der Waals surface area contributed by atoms with Gasteiger partial charge < -0.3 is 5.73 Å². The molecule has 1 aliphatic carbocycles. The van der Waals surface area contributed by atoms with Crippen molar-refractivity contribution in [1.29, 1.82) is 0 Å². The lowest BCUT2D eigenvalue weighted by Crippen LogP contribution is -2.12. The van der Waals surface area contributed by atoms with Gasteiger partial charge in [-0.3, -0.25) is 0 Å². The van der Waals surface area contributed by atoms with Crippen molar-refractivity contribution in [1.82, 2.24) is 0 Å². The van der Waals surface area contributed by atoms with E-state index in [0.717, 1.165) is 24.8 Å². The molecular weight excluding hydrogens is 170 g/mol. The molecule has 1 heteroatoms. The highest BCUT2D eigenvalue weighted by Crippen LogP contribution is 2.38. The summed E-state index contributed by atoms with van der Waals surface area (Å²) in [6.45, 7) is 3.15. The molecule has 2 unspecified atom stereocenters. The standard InChI is InChI=1S/C13H19N/c1-10(8-9-14)12-7-6-11-4-2-3-5-13(11)12/h2-5,10,12H,6-9,14H2,1H3. The van der Waals surface area contributed by atoms with Crippen molar-refractivity contribution in [2.24, 2.45) is 11.7 Å². The lowest BCUT2D eigenvalue weighted by Gasteiger charge is -2.19. The Morgan fingerprint density at radius 3 is 3.00 bits per heavy atom. The number of nitrogens with two attached hydrogens (primary N) is 1. The molecular formula is C13H19N. The van der Waals surface area contributed by atoms with E-state index in [1.807, 2.05) is 0 Å².